The van der Waals surface area contributed by atoms with Crippen molar-refractivity contribution in [3.8, 4) is 11.5 Å². The summed E-state index contributed by atoms with van der Waals surface area (Å²) in [7, 11) is 0. The van der Waals surface area contributed by atoms with Crippen molar-refractivity contribution in [3.63, 3.8) is 0 Å². The number of benzene rings is 1. The average molecular weight is 504 g/mol. The van der Waals surface area contributed by atoms with Crippen LogP contribution in [0.3, 0.4) is 0 Å². The highest BCUT2D eigenvalue weighted by Gasteiger charge is 2.58. The molecule has 1 aromatic rings. The summed E-state index contributed by atoms with van der Waals surface area (Å²) < 4.78 is 20.9. The number of ether oxygens (including phenoxy) is 4. The van der Waals surface area contributed by atoms with Gasteiger partial charge in [0.2, 0.25) is 5.79 Å². The van der Waals surface area contributed by atoms with Crippen molar-refractivity contribution in [2.24, 2.45) is 0 Å². The molecule has 2 heterocycles. The summed E-state index contributed by atoms with van der Waals surface area (Å²) >= 11 is 0. The van der Waals surface area contributed by atoms with Crippen LogP contribution in [0, 0.1) is 0 Å². The maximum absolute atomic E-state index is 12.0. The van der Waals surface area contributed by atoms with Crippen molar-refractivity contribution in [1.82, 2.24) is 0 Å². The molecule has 0 aliphatic carbocycles. The molecule has 1 aromatic carbocycles. The average Bonchev–Trinajstić information content (AvgIpc) is 3.09. The third-order valence-corrected chi connectivity index (χ3v) is 5.69. The van der Waals surface area contributed by atoms with E-state index in [2.05, 4.69) is 0 Å². The number of phenolic OH excluding ortho intramolecular Hbond substituents is 2. The SMILES string of the molecule is O=C(C=Cc1ccc(O)c(O)c1)OC[C@H]1O[C@H](O[C@]2(CO)O[C@H](CO)[C@H](O)[C@@H]2O)[C@H](O)[C@@H](O)[C@@H]1O. The number of rotatable bonds is 8. The summed E-state index contributed by atoms with van der Waals surface area (Å²) in [5, 5.41) is 88.6. The number of phenols is 2. The molecule has 2 aliphatic rings. The predicted molar refractivity (Wildman–Crippen MR) is 111 cm³/mol. The first-order valence-corrected chi connectivity index (χ1v) is 10.5. The van der Waals surface area contributed by atoms with E-state index in [1.165, 1.54) is 24.3 Å². The third-order valence-electron chi connectivity index (χ3n) is 5.69. The molecular formula is C21H28O14. The van der Waals surface area contributed by atoms with Crippen molar-refractivity contribution < 1.29 is 69.7 Å². The van der Waals surface area contributed by atoms with Gasteiger partial charge in [-0.25, -0.2) is 4.79 Å². The molecule has 9 atom stereocenters. The Bertz CT molecular complexity index is 908. The van der Waals surface area contributed by atoms with Crippen LogP contribution in [0.25, 0.3) is 6.08 Å². The van der Waals surface area contributed by atoms with E-state index in [1.807, 2.05) is 0 Å². The van der Waals surface area contributed by atoms with E-state index in [0.717, 1.165) is 6.08 Å². The first kappa shape index (κ1) is 27.2. The molecule has 3 rings (SSSR count). The minimum Gasteiger partial charge on any atom is -0.504 e. The largest absolute Gasteiger partial charge is 0.504 e. The lowest BCUT2D eigenvalue weighted by Crippen LogP contribution is -2.62. The molecule has 0 spiro atoms. The van der Waals surface area contributed by atoms with Crippen molar-refractivity contribution >= 4 is 12.0 Å². The number of aliphatic hydroxyl groups excluding tert-OH is 7. The number of carbonyl (C=O) groups excluding carboxylic acids is 1. The summed E-state index contributed by atoms with van der Waals surface area (Å²) in [4.78, 5) is 12.0. The quantitative estimate of drug-likeness (QED) is 0.0941. The van der Waals surface area contributed by atoms with Gasteiger partial charge in [-0.15, -0.1) is 0 Å². The molecule has 35 heavy (non-hydrogen) atoms. The first-order chi connectivity index (χ1) is 16.5. The highest BCUT2D eigenvalue weighted by molar-refractivity contribution is 5.87. The Morgan fingerprint density at radius 2 is 1.69 bits per heavy atom. The van der Waals surface area contributed by atoms with Crippen LogP contribution in [0.4, 0.5) is 0 Å². The van der Waals surface area contributed by atoms with E-state index >= 15 is 0 Å². The smallest absolute Gasteiger partial charge is 0.330 e. The van der Waals surface area contributed by atoms with Gasteiger partial charge in [-0.05, 0) is 23.8 Å². The van der Waals surface area contributed by atoms with E-state index in [-0.39, 0.29) is 5.75 Å². The summed E-state index contributed by atoms with van der Waals surface area (Å²) in [5.74, 6) is -3.97. The van der Waals surface area contributed by atoms with Gasteiger partial charge in [-0.2, -0.15) is 0 Å². The molecule has 0 bridgehead atoms. The monoisotopic (exact) mass is 504 g/mol. The Labute approximate surface area is 198 Å². The van der Waals surface area contributed by atoms with Crippen LogP contribution in [-0.2, 0) is 23.7 Å². The summed E-state index contributed by atoms with van der Waals surface area (Å²) in [6, 6.07) is 3.83. The summed E-state index contributed by atoms with van der Waals surface area (Å²) in [6.07, 6.45) is -11.3. The first-order valence-electron chi connectivity index (χ1n) is 10.5. The molecule has 2 fully saturated rings. The van der Waals surface area contributed by atoms with Crippen molar-refractivity contribution in [2.45, 2.75) is 54.8 Å². The van der Waals surface area contributed by atoms with E-state index in [1.54, 1.807) is 0 Å². The van der Waals surface area contributed by atoms with E-state index in [0.29, 0.717) is 5.56 Å². The Morgan fingerprint density at radius 1 is 0.971 bits per heavy atom. The second-order valence-corrected chi connectivity index (χ2v) is 8.09. The van der Waals surface area contributed by atoms with Gasteiger partial charge in [0, 0.05) is 6.08 Å². The fourth-order valence-electron chi connectivity index (χ4n) is 3.64. The third kappa shape index (κ3) is 5.73. The van der Waals surface area contributed by atoms with Gasteiger partial charge in [0.05, 0.1) is 6.61 Å². The van der Waals surface area contributed by atoms with Gasteiger partial charge in [-0.3, -0.25) is 0 Å². The van der Waals surface area contributed by atoms with Gasteiger partial charge in [0.15, 0.2) is 17.8 Å². The van der Waals surface area contributed by atoms with Gasteiger partial charge in [-0.1, -0.05) is 6.07 Å². The highest BCUT2D eigenvalue weighted by Crippen LogP contribution is 2.36. The van der Waals surface area contributed by atoms with Crippen LogP contribution in [0.15, 0.2) is 24.3 Å². The Balaban J connectivity index is 1.64. The summed E-state index contributed by atoms with van der Waals surface area (Å²) in [5.41, 5.74) is 0.367. The predicted octanol–water partition coefficient (Wildman–Crippen LogP) is -3.72. The molecule has 0 aromatic heterocycles. The van der Waals surface area contributed by atoms with Gasteiger partial charge in [0.25, 0.3) is 0 Å². The molecule has 0 radical (unpaired) electrons. The van der Waals surface area contributed by atoms with Crippen molar-refractivity contribution in [3.05, 3.63) is 29.8 Å². The molecule has 0 amide bonds. The lowest BCUT2D eigenvalue weighted by molar-refractivity contribution is -0.383. The van der Waals surface area contributed by atoms with Crippen LogP contribution >= 0.6 is 0 Å². The number of hydrogen-bond donors (Lipinski definition) is 9. The van der Waals surface area contributed by atoms with Gasteiger partial charge in [0.1, 0.15) is 55.9 Å². The minimum absolute atomic E-state index is 0.342. The van der Waals surface area contributed by atoms with Crippen molar-refractivity contribution in [1.29, 1.82) is 0 Å². The van der Waals surface area contributed by atoms with E-state index < -0.39 is 86.3 Å². The second kappa shape index (κ2) is 11.1. The Morgan fingerprint density at radius 3 is 2.29 bits per heavy atom. The zero-order valence-corrected chi connectivity index (χ0v) is 18.2. The van der Waals surface area contributed by atoms with Gasteiger partial charge >= 0.3 is 5.97 Å². The molecule has 2 aliphatic heterocycles. The zero-order valence-electron chi connectivity index (χ0n) is 18.2. The fourth-order valence-corrected chi connectivity index (χ4v) is 3.64. The molecule has 9 N–H and O–H groups in total. The summed E-state index contributed by atoms with van der Waals surface area (Å²) in [6.45, 7) is -2.38. The maximum atomic E-state index is 12.0. The lowest BCUT2D eigenvalue weighted by Gasteiger charge is -2.43. The maximum Gasteiger partial charge on any atom is 0.330 e. The van der Waals surface area contributed by atoms with E-state index in [4.69, 9.17) is 18.9 Å². The highest BCUT2D eigenvalue weighted by atomic mass is 16.8. The zero-order chi connectivity index (χ0) is 25.9. The van der Waals surface area contributed by atoms with E-state index in [9.17, 15) is 50.8 Å². The Hall–Kier alpha value is -2.37. The number of carbonyl (C=O) groups is 1. The number of aliphatic hydroxyl groups is 7. The molecular weight excluding hydrogens is 476 g/mol. The van der Waals surface area contributed by atoms with Crippen LogP contribution in [0.5, 0.6) is 11.5 Å². The lowest BCUT2D eigenvalue weighted by atomic mass is 9.99. The molecule has 196 valence electrons. The number of hydrogen-bond acceptors (Lipinski definition) is 14. The molecule has 0 unspecified atom stereocenters. The molecule has 0 saturated carbocycles. The van der Waals surface area contributed by atoms with Crippen LogP contribution in [0.1, 0.15) is 5.56 Å². The van der Waals surface area contributed by atoms with Crippen LogP contribution in [0.2, 0.25) is 0 Å². The van der Waals surface area contributed by atoms with Crippen molar-refractivity contribution in [2.75, 3.05) is 19.8 Å². The standard InChI is InChI=1S/C21H28O14/c22-6-12-16(28)19(31)21(8-23,34-12)35-20-18(30)17(29)15(27)13(33-20)7-32-14(26)4-2-9-1-3-10(24)11(25)5-9/h1-5,12-13,15-20,22-25,27-31H,6-8H2/t12-,13-,15-,16+,17+,18-,19+,20-,21+/m1/s1. The normalized spacial score (nSPS) is 37.6. The molecule has 2 saturated heterocycles. The topological polar surface area (TPSA) is 236 Å². The Kier molecular flexibility index (Phi) is 8.66. The number of aromatic hydroxyl groups is 2. The fraction of sp³-hybridized carbons (Fsp3) is 0.571. The molecule has 14 heteroatoms. The van der Waals surface area contributed by atoms with Crippen LogP contribution < -0.4 is 0 Å². The number of esters is 1. The van der Waals surface area contributed by atoms with Crippen LogP contribution in [-0.4, -0.2) is 127 Å². The minimum atomic E-state index is -2.33. The van der Waals surface area contributed by atoms with Gasteiger partial charge < -0.3 is 64.9 Å². The molecule has 14 nitrogen and oxygen atoms in total. The second-order valence-electron chi connectivity index (χ2n) is 8.09.